The van der Waals surface area contributed by atoms with Crippen LogP contribution in [0.1, 0.15) is 49.7 Å². The van der Waals surface area contributed by atoms with Crippen molar-refractivity contribution in [2.24, 2.45) is 4.99 Å². The fraction of sp³-hybridized carbons (Fsp3) is 0.632. The fourth-order valence-electron chi connectivity index (χ4n) is 3.03. The Bertz CT molecular complexity index is 545. The molecule has 1 aromatic rings. The zero-order valence-corrected chi connectivity index (χ0v) is 15.1. The Balaban J connectivity index is 1.63. The molecular formula is C19H30FN3O2. The molecule has 0 aliphatic heterocycles. The van der Waals surface area contributed by atoms with Crippen LogP contribution in [0.3, 0.4) is 0 Å². The molecule has 1 aliphatic rings. The van der Waals surface area contributed by atoms with Crippen molar-refractivity contribution in [3.8, 4) is 0 Å². The Morgan fingerprint density at radius 1 is 1.28 bits per heavy atom. The van der Waals surface area contributed by atoms with Crippen molar-refractivity contribution in [2.75, 3.05) is 20.2 Å². The van der Waals surface area contributed by atoms with Crippen LogP contribution in [0, 0.1) is 5.82 Å². The number of rotatable bonds is 8. The number of aliphatic hydroxyl groups excluding tert-OH is 1. The molecule has 0 radical (unpaired) electrons. The lowest BCUT2D eigenvalue weighted by molar-refractivity contribution is 0.0277. The molecule has 25 heavy (non-hydrogen) atoms. The lowest BCUT2D eigenvalue weighted by Crippen LogP contribution is -2.37. The molecule has 140 valence electrons. The quantitative estimate of drug-likeness (QED) is 0.383. The standard InChI is InChI=1S/C19H30FN3O2/c1-21-19(22-10-5-11-25-17-6-3-2-4-7-17)23-13-15-8-9-18(20)16(12-15)14-24/h8-9,12,17,24H,2-7,10-11,13-14H2,1H3,(H2,21,22,23). The minimum Gasteiger partial charge on any atom is -0.392 e. The van der Waals surface area contributed by atoms with Crippen LogP contribution in [0.2, 0.25) is 0 Å². The van der Waals surface area contributed by atoms with E-state index in [1.54, 1.807) is 19.2 Å². The monoisotopic (exact) mass is 351 g/mol. The highest BCUT2D eigenvalue weighted by Gasteiger charge is 2.13. The molecule has 1 fully saturated rings. The van der Waals surface area contributed by atoms with Gasteiger partial charge in [0.25, 0.3) is 0 Å². The van der Waals surface area contributed by atoms with Gasteiger partial charge in [0, 0.05) is 32.3 Å². The number of benzene rings is 1. The third-order valence-electron chi connectivity index (χ3n) is 4.48. The van der Waals surface area contributed by atoms with E-state index in [-0.39, 0.29) is 12.4 Å². The number of hydrogen-bond acceptors (Lipinski definition) is 3. The maximum absolute atomic E-state index is 13.4. The molecule has 5 nitrogen and oxygen atoms in total. The molecular weight excluding hydrogens is 321 g/mol. The van der Waals surface area contributed by atoms with Gasteiger partial charge in [0.05, 0.1) is 12.7 Å². The van der Waals surface area contributed by atoms with Gasteiger partial charge in [-0.1, -0.05) is 25.3 Å². The number of nitrogens with one attached hydrogen (secondary N) is 2. The first-order chi connectivity index (χ1) is 12.2. The van der Waals surface area contributed by atoms with Crippen LogP contribution < -0.4 is 10.6 Å². The van der Waals surface area contributed by atoms with Gasteiger partial charge in [-0.2, -0.15) is 0 Å². The summed E-state index contributed by atoms with van der Waals surface area (Å²) in [5.41, 5.74) is 1.20. The van der Waals surface area contributed by atoms with Gasteiger partial charge in [0.1, 0.15) is 5.82 Å². The highest BCUT2D eigenvalue weighted by molar-refractivity contribution is 5.79. The summed E-state index contributed by atoms with van der Waals surface area (Å²) in [6.45, 7) is 1.78. The Morgan fingerprint density at radius 2 is 2.08 bits per heavy atom. The van der Waals surface area contributed by atoms with Crippen molar-refractivity contribution >= 4 is 5.96 Å². The van der Waals surface area contributed by atoms with E-state index in [1.165, 1.54) is 38.2 Å². The molecule has 0 saturated heterocycles. The van der Waals surface area contributed by atoms with Gasteiger partial charge < -0.3 is 20.5 Å². The normalized spacial score (nSPS) is 16.0. The SMILES string of the molecule is CN=C(NCCCOC1CCCCC1)NCc1ccc(F)c(CO)c1. The van der Waals surface area contributed by atoms with Gasteiger partial charge in [0.15, 0.2) is 5.96 Å². The number of nitrogens with zero attached hydrogens (tertiary/aromatic N) is 1. The summed E-state index contributed by atoms with van der Waals surface area (Å²) >= 11 is 0. The van der Waals surface area contributed by atoms with Gasteiger partial charge in [-0.15, -0.1) is 0 Å². The first kappa shape index (κ1) is 19.7. The van der Waals surface area contributed by atoms with Crippen LogP contribution in [-0.4, -0.2) is 37.4 Å². The summed E-state index contributed by atoms with van der Waals surface area (Å²) in [4.78, 5) is 4.18. The van der Waals surface area contributed by atoms with E-state index < -0.39 is 0 Å². The van der Waals surface area contributed by atoms with Crippen molar-refractivity contribution in [2.45, 2.75) is 57.8 Å². The topological polar surface area (TPSA) is 65.9 Å². The molecule has 6 heteroatoms. The second kappa shape index (κ2) is 11.1. The van der Waals surface area contributed by atoms with Crippen LogP contribution in [0.25, 0.3) is 0 Å². The molecule has 0 spiro atoms. The van der Waals surface area contributed by atoms with E-state index in [1.807, 2.05) is 0 Å². The smallest absolute Gasteiger partial charge is 0.191 e. The Kier molecular flexibility index (Phi) is 8.69. The first-order valence-corrected chi connectivity index (χ1v) is 9.17. The molecule has 3 N–H and O–H groups in total. The summed E-state index contributed by atoms with van der Waals surface area (Å²) in [5, 5.41) is 15.6. The first-order valence-electron chi connectivity index (χ1n) is 9.17. The predicted molar refractivity (Wildman–Crippen MR) is 98.0 cm³/mol. The molecule has 2 rings (SSSR count). The van der Waals surface area contributed by atoms with Crippen molar-refractivity contribution in [1.29, 1.82) is 0 Å². The van der Waals surface area contributed by atoms with E-state index >= 15 is 0 Å². The fourth-order valence-corrected chi connectivity index (χ4v) is 3.03. The molecule has 0 aromatic heterocycles. The third kappa shape index (κ3) is 7.00. The van der Waals surface area contributed by atoms with Crippen LogP contribution in [0.4, 0.5) is 4.39 Å². The highest BCUT2D eigenvalue weighted by Crippen LogP contribution is 2.20. The van der Waals surface area contributed by atoms with Gasteiger partial charge in [-0.25, -0.2) is 4.39 Å². The summed E-state index contributed by atoms with van der Waals surface area (Å²) < 4.78 is 19.3. The van der Waals surface area contributed by atoms with Crippen LogP contribution in [0.15, 0.2) is 23.2 Å². The number of ether oxygens (including phenoxy) is 1. The van der Waals surface area contributed by atoms with Crippen molar-refractivity contribution in [1.82, 2.24) is 10.6 Å². The van der Waals surface area contributed by atoms with Gasteiger partial charge >= 0.3 is 0 Å². The van der Waals surface area contributed by atoms with Gasteiger partial charge in [0.2, 0.25) is 0 Å². The zero-order valence-electron chi connectivity index (χ0n) is 15.1. The van der Waals surface area contributed by atoms with Crippen LogP contribution in [0.5, 0.6) is 0 Å². The van der Waals surface area contributed by atoms with Gasteiger partial charge in [-0.05, 0) is 37.0 Å². The minimum atomic E-state index is -0.383. The predicted octanol–water partition coefficient (Wildman–Crippen LogP) is 2.72. The summed E-state index contributed by atoms with van der Waals surface area (Å²) in [6, 6.07) is 4.74. The molecule has 0 amide bonds. The number of aliphatic hydroxyl groups is 1. The maximum Gasteiger partial charge on any atom is 0.191 e. The summed E-state index contributed by atoms with van der Waals surface area (Å²) in [5.74, 6) is 0.319. The average Bonchev–Trinajstić information content (AvgIpc) is 2.66. The van der Waals surface area contributed by atoms with E-state index in [0.29, 0.717) is 24.2 Å². The van der Waals surface area contributed by atoms with E-state index in [0.717, 1.165) is 25.1 Å². The van der Waals surface area contributed by atoms with Crippen molar-refractivity contribution in [3.05, 3.63) is 35.1 Å². The van der Waals surface area contributed by atoms with Crippen LogP contribution >= 0.6 is 0 Å². The zero-order chi connectivity index (χ0) is 17.9. The number of halogens is 1. The Labute approximate surface area is 149 Å². The van der Waals surface area contributed by atoms with E-state index in [4.69, 9.17) is 9.84 Å². The second-order valence-corrected chi connectivity index (χ2v) is 6.42. The average molecular weight is 351 g/mol. The Morgan fingerprint density at radius 3 is 2.80 bits per heavy atom. The highest BCUT2D eigenvalue weighted by atomic mass is 19.1. The molecule has 0 heterocycles. The second-order valence-electron chi connectivity index (χ2n) is 6.42. The van der Waals surface area contributed by atoms with E-state index in [9.17, 15) is 4.39 Å². The Hall–Kier alpha value is -1.66. The molecule has 0 unspecified atom stereocenters. The molecule has 0 bridgehead atoms. The maximum atomic E-state index is 13.4. The van der Waals surface area contributed by atoms with Crippen molar-refractivity contribution < 1.29 is 14.2 Å². The molecule has 0 atom stereocenters. The van der Waals surface area contributed by atoms with Gasteiger partial charge in [-0.3, -0.25) is 4.99 Å². The third-order valence-corrected chi connectivity index (χ3v) is 4.48. The molecule has 1 aliphatic carbocycles. The van der Waals surface area contributed by atoms with E-state index in [2.05, 4.69) is 15.6 Å². The largest absolute Gasteiger partial charge is 0.392 e. The number of aliphatic imine (C=N–C) groups is 1. The minimum absolute atomic E-state index is 0.298. The lowest BCUT2D eigenvalue weighted by Gasteiger charge is -2.22. The molecule has 1 saturated carbocycles. The number of guanidine groups is 1. The molecule has 1 aromatic carbocycles. The van der Waals surface area contributed by atoms with Crippen LogP contribution in [-0.2, 0) is 17.9 Å². The lowest BCUT2D eigenvalue weighted by atomic mass is 9.98. The summed E-state index contributed by atoms with van der Waals surface area (Å²) in [7, 11) is 1.72. The number of hydrogen-bond donors (Lipinski definition) is 3. The van der Waals surface area contributed by atoms with Crippen molar-refractivity contribution in [3.63, 3.8) is 0 Å². The summed E-state index contributed by atoms with van der Waals surface area (Å²) in [6.07, 6.45) is 7.71.